The highest BCUT2D eigenvalue weighted by atomic mass is 32.2. The van der Waals surface area contributed by atoms with Crippen molar-refractivity contribution in [2.24, 2.45) is 13.0 Å². The highest BCUT2D eigenvalue weighted by molar-refractivity contribution is 7.89. The first-order valence-electron chi connectivity index (χ1n) is 7.14. The summed E-state index contributed by atoms with van der Waals surface area (Å²) >= 11 is 0. The molecule has 1 saturated heterocycles. The number of amides is 1. The normalized spacial score (nSPS) is 20.4. The van der Waals surface area contributed by atoms with Gasteiger partial charge in [-0.25, -0.2) is 8.42 Å². The molecule has 21 heavy (non-hydrogen) atoms. The molecule has 2 rings (SSSR count). The molecule has 1 amide bonds. The van der Waals surface area contributed by atoms with Crippen molar-refractivity contribution in [2.45, 2.75) is 31.6 Å². The fraction of sp³-hybridized carbons (Fsp3) is 0.692. The Kier molecular flexibility index (Phi) is 4.67. The SMILES string of the molecule is CCNC(=O)C1CCCN(S(=O)(=O)c2cnn(C)c2C)C1. The lowest BCUT2D eigenvalue weighted by Crippen LogP contribution is -2.45. The van der Waals surface area contributed by atoms with Crippen molar-refractivity contribution in [3.8, 4) is 0 Å². The van der Waals surface area contributed by atoms with Gasteiger partial charge < -0.3 is 5.32 Å². The molecular weight excluding hydrogens is 292 g/mol. The van der Waals surface area contributed by atoms with E-state index in [1.807, 2.05) is 6.92 Å². The lowest BCUT2D eigenvalue weighted by molar-refractivity contribution is -0.125. The third-order valence-corrected chi connectivity index (χ3v) is 5.88. The maximum atomic E-state index is 12.7. The molecule has 2 heterocycles. The van der Waals surface area contributed by atoms with Gasteiger partial charge in [0, 0.05) is 26.7 Å². The molecule has 0 bridgehead atoms. The van der Waals surface area contributed by atoms with Crippen LogP contribution in [0.2, 0.25) is 0 Å². The number of carbonyl (C=O) groups is 1. The van der Waals surface area contributed by atoms with Crippen LogP contribution in [0.3, 0.4) is 0 Å². The van der Waals surface area contributed by atoms with E-state index in [0.29, 0.717) is 25.2 Å². The molecule has 1 N–H and O–H groups in total. The summed E-state index contributed by atoms with van der Waals surface area (Å²) in [6, 6.07) is 0. The lowest BCUT2D eigenvalue weighted by Gasteiger charge is -2.31. The van der Waals surface area contributed by atoms with Gasteiger partial charge >= 0.3 is 0 Å². The van der Waals surface area contributed by atoms with Crippen molar-refractivity contribution in [1.82, 2.24) is 19.4 Å². The van der Waals surface area contributed by atoms with Crippen molar-refractivity contribution in [3.63, 3.8) is 0 Å². The highest BCUT2D eigenvalue weighted by Crippen LogP contribution is 2.25. The minimum absolute atomic E-state index is 0.0692. The summed E-state index contributed by atoms with van der Waals surface area (Å²) in [5.74, 6) is -0.342. The predicted molar refractivity (Wildman–Crippen MR) is 78.1 cm³/mol. The molecule has 1 atom stereocenters. The van der Waals surface area contributed by atoms with Crippen molar-refractivity contribution < 1.29 is 13.2 Å². The number of nitrogens with one attached hydrogen (secondary N) is 1. The molecule has 8 heteroatoms. The minimum Gasteiger partial charge on any atom is -0.356 e. The van der Waals surface area contributed by atoms with E-state index in [0.717, 1.165) is 6.42 Å². The van der Waals surface area contributed by atoms with Crippen molar-refractivity contribution in [3.05, 3.63) is 11.9 Å². The molecule has 1 aliphatic rings. The summed E-state index contributed by atoms with van der Waals surface area (Å²) in [5, 5.41) is 6.76. The zero-order chi connectivity index (χ0) is 15.6. The molecule has 1 fully saturated rings. The van der Waals surface area contributed by atoms with Gasteiger partial charge in [-0.15, -0.1) is 0 Å². The molecule has 1 aromatic rings. The first-order chi connectivity index (χ1) is 9.87. The third-order valence-electron chi connectivity index (χ3n) is 3.91. The molecule has 0 saturated carbocycles. The van der Waals surface area contributed by atoms with Gasteiger partial charge in [0.2, 0.25) is 15.9 Å². The van der Waals surface area contributed by atoms with Crippen LogP contribution in [-0.4, -0.2) is 48.0 Å². The number of piperidine rings is 1. The first-order valence-corrected chi connectivity index (χ1v) is 8.58. The number of hydrogen-bond donors (Lipinski definition) is 1. The van der Waals surface area contributed by atoms with E-state index in [-0.39, 0.29) is 23.3 Å². The second-order valence-corrected chi connectivity index (χ2v) is 7.22. The molecule has 0 spiro atoms. The van der Waals surface area contributed by atoms with Crippen LogP contribution < -0.4 is 5.32 Å². The average molecular weight is 314 g/mol. The molecule has 1 aromatic heterocycles. The van der Waals surface area contributed by atoms with E-state index >= 15 is 0 Å². The van der Waals surface area contributed by atoms with Gasteiger partial charge in [-0.3, -0.25) is 9.48 Å². The van der Waals surface area contributed by atoms with Gasteiger partial charge in [-0.05, 0) is 26.7 Å². The molecule has 7 nitrogen and oxygen atoms in total. The zero-order valence-corrected chi connectivity index (χ0v) is 13.5. The zero-order valence-electron chi connectivity index (χ0n) is 12.7. The second-order valence-electron chi connectivity index (χ2n) is 5.31. The van der Waals surface area contributed by atoms with Crippen LogP contribution in [0, 0.1) is 12.8 Å². The Morgan fingerprint density at radius 1 is 1.52 bits per heavy atom. The van der Waals surface area contributed by atoms with Crippen LogP contribution in [0.4, 0.5) is 0 Å². The molecule has 0 aliphatic carbocycles. The first kappa shape index (κ1) is 16.0. The number of aromatic nitrogens is 2. The van der Waals surface area contributed by atoms with Crippen LogP contribution in [0.15, 0.2) is 11.1 Å². The Hall–Kier alpha value is -1.41. The molecule has 0 aromatic carbocycles. The van der Waals surface area contributed by atoms with E-state index in [1.165, 1.54) is 15.2 Å². The van der Waals surface area contributed by atoms with Crippen LogP contribution in [0.25, 0.3) is 0 Å². The monoisotopic (exact) mass is 314 g/mol. The molecule has 1 aliphatic heterocycles. The van der Waals surface area contributed by atoms with Gasteiger partial charge in [-0.2, -0.15) is 9.40 Å². The van der Waals surface area contributed by atoms with E-state index < -0.39 is 10.0 Å². The smallest absolute Gasteiger partial charge is 0.246 e. The van der Waals surface area contributed by atoms with E-state index in [4.69, 9.17) is 0 Å². The summed E-state index contributed by atoms with van der Waals surface area (Å²) in [6.45, 7) is 4.83. The topological polar surface area (TPSA) is 84.3 Å². The average Bonchev–Trinajstić information content (AvgIpc) is 2.80. The number of carbonyl (C=O) groups excluding carboxylic acids is 1. The van der Waals surface area contributed by atoms with Crippen LogP contribution in [0.5, 0.6) is 0 Å². The summed E-state index contributed by atoms with van der Waals surface area (Å²) in [7, 11) is -1.87. The minimum atomic E-state index is -3.58. The number of nitrogens with zero attached hydrogens (tertiary/aromatic N) is 3. The molecule has 118 valence electrons. The van der Waals surface area contributed by atoms with Crippen LogP contribution >= 0.6 is 0 Å². The number of sulfonamides is 1. The Balaban J connectivity index is 2.21. The van der Waals surface area contributed by atoms with Gasteiger partial charge in [0.1, 0.15) is 4.90 Å². The molecular formula is C13H22N4O3S. The lowest BCUT2D eigenvalue weighted by atomic mass is 9.99. The van der Waals surface area contributed by atoms with E-state index in [1.54, 1.807) is 14.0 Å². The summed E-state index contributed by atoms with van der Waals surface area (Å²) in [6.07, 6.45) is 2.80. The van der Waals surface area contributed by atoms with Crippen molar-refractivity contribution in [2.75, 3.05) is 19.6 Å². The Labute approximate surface area is 125 Å². The van der Waals surface area contributed by atoms with Gasteiger partial charge in [0.05, 0.1) is 17.8 Å². The Bertz CT molecular complexity index is 623. The quantitative estimate of drug-likeness (QED) is 0.864. The predicted octanol–water partition coefficient (Wildman–Crippen LogP) is 0.265. The molecule has 1 unspecified atom stereocenters. The standard InChI is InChI=1S/C13H22N4O3S/c1-4-14-13(18)11-6-5-7-17(9-11)21(19,20)12-8-15-16(3)10(12)2/h8,11H,4-7,9H2,1-3H3,(H,14,18). The van der Waals surface area contributed by atoms with Crippen LogP contribution in [-0.2, 0) is 21.9 Å². The van der Waals surface area contributed by atoms with Gasteiger partial charge in [-0.1, -0.05) is 0 Å². The maximum absolute atomic E-state index is 12.7. The van der Waals surface area contributed by atoms with Crippen LogP contribution in [0.1, 0.15) is 25.5 Å². The summed E-state index contributed by atoms with van der Waals surface area (Å²) < 4.78 is 28.3. The maximum Gasteiger partial charge on any atom is 0.246 e. The summed E-state index contributed by atoms with van der Waals surface area (Å²) in [4.78, 5) is 12.2. The highest BCUT2D eigenvalue weighted by Gasteiger charge is 2.34. The third kappa shape index (κ3) is 3.11. The largest absolute Gasteiger partial charge is 0.356 e. The number of rotatable bonds is 4. The van der Waals surface area contributed by atoms with E-state index in [2.05, 4.69) is 10.4 Å². The van der Waals surface area contributed by atoms with Gasteiger partial charge in [0.15, 0.2) is 0 Å². The number of aryl methyl sites for hydroxylation is 1. The second kappa shape index (κ2) is 6.15. The van der Waals surface area contributed by atoms with Gasteiger partial charge in [0.25, 0.3) is 0 Å². The van der Waals surface area contributed by atoms with Crippen molar-refractivity contribution >= 4 is 15.9 Å². The fourth-order valence-corrected chi connectivity index (χ4v) is 4.27. The van der Waals surface area contributed by atoms with E-state index in [9.17, 15) is 13.2 Å². The molecule has 0 radical (unpaired) electrons. The fourth-order valence-electron chi connectivity index (χ4n) is 2.56. The van der Waals surface area contributed by atoms with Crippen molar-refractivity contribution in [1.29, 1.82) is 0 Å². The summed E-state index contributed by atoms with van der Waals surface area (Å²) in [5.41, 5.74) is 0.607. The number of hydrogen-bond acceptors (Lipinski definition) is 4. The Morgan fingerprint density at radius 2 is 2.24 bits per heavy atom. The Morgan fingerprint density at radius 3 is 2.81 bits per heavy atom.